The molecule has 12 heteroatoms. The van der Waals surface area contributed by atoms with Crippen LogP contribution in [-0.4, -0.2) is 56.6 Å². The number of hydrogen-bond acceptors (Lipinski definition) is 9. The molecule has 0 radical (unpaired) electrons. The Bertz CT molecular complexity index is 1800. The molecule has 42 heavy (non-hydrogen) atoms. The molecule has 1 amide bonds. The van der Waals surface area contributed by atoms with E-state index in [9.17, 15) is 9.59 Å². The molecule has 0 spiro atoms. The van der Waals surface area contributed by atoms with Crippen LogP contribution in [0.3, 0.4) is 0 Å². The van der Waals surface area contributed by atoms with Crippen LogP contribution in [0, 0.1) is 12.3 Å². The fourth-order valence-electron chi connectivity index (χ4n) is 3.99. The number of aryl methyl sites for hydroxylation is 1. The van der Waals surface area contributed by atoms with Crippen molar-refractivity contribution in [3.63, 3.8) is 0 Å². The molecule has 3 aromatic carbocycles. The third-order valence-corrected chi connectivity index (χ3v) is 6.04. The molecule has 0 aliphatic carbocycles. The highest BCUT2D eigenvalue weighted by molar-refractivity contribution is 5.98. The number of benzene rings is 3. The Balaban J connectivity index is 1.49. The molecular formula is C30H27N7O5. The number of nitrogens with two attached hydrogens (primary N) is 1. The summed E-state index contributed by atoms with van der Waals surface area (Å²) in [6.07, 6.45) is 0. The van der Waals surface area contributed by atoms with Crippen LogP contribution in [0.1, 0.15) is 37.7 Å². The number of carbonyl (C=O) groups excluding carboxylic acids is 2. The summed E-state index contributed by atoms with van der Waals surface area (Å²) in [5.41, 5.74) is 8.00. The van der Waals surface area contributed by atoms with E-state index in [0.29, 0.717) is 33.9 Å². The summed E-state index contributed by atoms with van der Waals surface area (Å²) >= 11 is 0. The van der Waals surface area contributed by atoms with Crippen molar-refractivity contribution in [1.82, 2.24) is 24.8 Å². The van der Waals surface area contributed by atoms with Gasteiger partial charge in [-0.1, -0.05) is 42.5 Å². The number of esters is 1. The zero-order chi connectivity index (χ0) is 29.8. The van der Waals surface area contributed by atoms with Gasteiger partial charge in [0.1, 0.15) is 35.3 Å². The molecule has 12 nitrogen and oxygen atoms in total. The van der Waals surface area contributed by atoms with E-state index in [1.54, 1.807) is 45.3 Å². The predicted molar refractivity (Wildman–Crippen MR) is 154 cm³/mol. The minimum absolute atomic E-state index is 0.0286. The predicted octanol–water partition coefficient (Wildman–Crippen LogP) is 4.59. The Labute approximate surface area is 240 Å². The molecule has 212 valence electrons. The van der Waals surface area contributed by atoms with Crippen LogP contribution in [0.2, 0.25) is 0 Å². The molecular weight excluding hydrogens is 538 g/mol. The van der Waals surface area contributed by atoms with E-state index in [1.807, 2.05) is 30.3 Å². The lowest BCUT2D eigenvalue weighted by Crippen LogP contribution is -2.21. The summed E-state index contributed by atoms with van der Waals surface area (Å²) in [6, 6.07) is 20.1. The van der Waals surface area contributed by atoms with E-state index in [4.69, 9.17) is 25.4 Å². The van der Waals surface area contributed by atoms with Crippen molar-refractivity contribution in [3.05, 3.63) is 101 Å². The molecule has 5 aromatic rings. The number of ether oxygens (including phenoxy) is 3. The van der Waals surface area contributed by atoms with Crippen molar-refractivity contribution in [2.24, 2.45) is 5.73 Å². The minimum Gasteiger partial charge on any atom is -0.457 e. The smallest absolute Gasteiger partial charge is 0.342 e. The van der Waals surface area contributed by atoms with Crippen molar-refractivity contribution in [2.45, 2.75) is 13.5 Å². The van der Waals surface area contributed by atoms with Gasteiger partial charge in [-0.3, -0.25) is 10.2 Å². The number of nitrogen functional groups attached to an aromatic ring is 1. The molecule has 0 saturated heterocycles. The van der Waals surface area contributed by atoms with Gasteiger partial charge < -0.3 is 29.8 Å². The third-order valence-electron chi connectivity index (χ3n) is 6.04. The van der Waals surface area contributed by atoms with E-state index in [-0.39, 0.29) is 41.6 Å². The number of fused-ring (bicyclic) bond motifs is 1. The fraction of sp³-hybridized carbons (Fsp3) is 0.133. The highest BCUT2D eigenvalue weighted by Crippen LogP contribution is 2.32. The number of hydrogen-bond donors (Lipinski definition) is 3. The molecule has 0 saturated carbocycles. The number of nitrogens with one attached hydrogen (secondary N) is 2. The first kappa shape index (κ1) is 27.8. The first-order valence-corrected chi connectivity index (χ1v) is 12.8. The van der Waals surface area contributed by atoms with Crippen LogP contribution in [0.15, 0.2) is 72.8 Å². The van der Waals surface area contributed by atoms with Gasteiger partial charge in [0, 0.05) is 25.2 Å². The van der Waals surface area contributed by atoms with Gasteiger partial charge in [-0.05, 0) is 42.8 Å². The lowest BCUT2D eigenvalue weighted by molar-refractivity contribution is 0.0469. The number of H-pyrrole nitrogens is 1. The van der Waals surface area contributed by atoms with E-state index < -0.39 is 5.97 Å². The van der Waals surface area contributed by atoms with Crippen LogP contribution in [-0.2, 0) is 11.3 Å². The largest absolute Gasteiger partial charge is 0.457 e. The SMILES string of the molecule is Cc1nc2c(Oc3cccc(C(=O)N(C)C)c3)nc(Oc3cc(C(=N)N)ccc3C(=O)OCc3ccccc3)nc2[nH]1. The Hall–Kier alpha value is -5.78. The number of carbonyl (C=O) groups is 2. The highest BCUT2D eigenvalue weighted by atomic mass is 16.5. The molecule has 0 aliphatic heterocycles. The average molecular weight is 566 g/mol. The summed E-state index contributed by atoms with van der Waals surface area (Å²) in [7, 11) is 3.32. The molecule has 2 heterocycles. The lowest BCUT2D eigenvalue weighted by Gasteiger charge is -2.13. The number of amides is 1. The van der Waals surface area contributed by atoms with Crippen LogP contribution in [0.25, 0.3) is 11.2 Å². The average Bonchev–Trinajstić information content (AvgIpc) is 3.36. The molecule has 0 unspecified atom stereocenters. The Morgan fingerprint density at radius 3 is 2.45 bits per heavy atom. The van der Waals surface area contributed by atoms with Crippen molar-refractivity contribution in [3.8, 4) is 23.4 Å². The van der Waals surface area contributed by atoms with Crippen molar-refractivity contribution in [2.75, 3.05) is 14.1 Å². The molecule has 0 atom stereocenters. The maximum absolute atomic E-state index is 13.1. The third kappa shape index (κ3) is 6.17. The second kappa shape index (κ2) is 11.8. The van der Waals surface area contributed by atoms with Gasteiger partial charge in [0.05, 0.1) is 0 Å². The second-order valence-corrected chi connectivity index (χ2v) is 9.45. The molecule has 0 bridgehead atoms. The van der Waals surface area contributed by atoms with Gasteiger partial charge in [0.15, 0.2) is 11.2 Å². The van der Waals surface area contributed by atoms with Gasteiger partial charge in [-0.15, -0.1) is 0 Å². The van der Waals surface area contributed by atoms with Crippen LogP contribution in [0.4, 0.5) is 0 Å². The summed E-state index contributed by atoms with van der Waals surface area (Å²) in [5, 5.41) is 7.84. The normalized spacial score (nSPS) is 10.7. The number of imidazole rings is 1. The van der Waals surface area contributed by atoms with Crippen LogP contribution < -0.4 is 15.2 Å². The Morgan fingerprint density at radius 1 is 0.929 bits per heavy atom. The highest BCUT2D eigenvalue weighted by Gasteiger charge is 2.21. The Kier molecular flexibility index (Phi) is 7.78. The Morgan fingerprint density at radius 2 is 1.71 bits per heavy atom. The van der Waals surface area contributed by atoms with Gasteiger partial charge in [-0.2, -0.15) is 9.97 Å². The van der Waals surface area contributed by atoms with Gasteiger partial charge in [0.2, 0.25) is 0 Å². The summed E-state index contributed by atoms with van der Waals surface area (Å²) in [4.78, 5) is 43.3. The van der Waals surface area contributed by atoms with E-state index in [1.165, 1.54) is 23.1 Å². The summed E-state index contributed by atoms with van der Waals surface area (Å²) in [6.45, 7) is 1.80. The number of amidine groups is 1. The van der Waals surface area contributed by atoms with E-state index in [2.05, 4.69) is 19.9 Å². The zero-order valence-corrected chi connectivity index (χ0v) is 23.0. The van der Waals surface area contributed by atoms with Crippen LogP contribution in [0.5, 0.6) is 23.4 Å². The van der Waals surface area contributed by atoms with E-state index >= 15 is 0 Å². The first-order valence-electron chi connectivity index (χ1n) is 12.8. The molecule has 0 fully saturated rings. The zero-order valence-electron chi connectivity index (χ0n) is 23.0. The maximum Gasteiger partial charge on any atom is 0.342 e. The standard InChI is InChI=1S/C30H27N7O5/c1-17-33-24-26(34-17)35-30(36-27(24)41-21-11-7-10-20(14-21)28(38)37(2)3)42-23-15-19(25(31)32)12-13-22(23)29(39)40-16-18-8-5-4-6-9-18/h4-15H,16H2,1-3H3,(H3,31,32)(H,33,34,35,36). The van der Waals surface area contributed by atoms with Gasteiger partial charge >= 0.3 is 12.0 Å². The second-order valence-electron chi connectivity index (χ2n) is 9.45. The topological polar surface area (TPSA) is 169 Å². The minimum atomic E-state index is -0.652. The summed E-state index contributed by atoms with van der Waals surface area (Å²) in [5.74, 6) is -0.0720. The van der Waals surface area contributed by atoms with Crippen LogP contribution >= 0.6 is 0 Å². The molecule has 2 aromatic heterocycles. The summed E-state index contributed by atoms with van der Waals surface area (Å²) < 4.78 is 17.5. The first-order chi connectivity index (χ1) is 20.2. The number of nitrogens with zero attached hydrogens (tertiary/aromatic N) is 4. The van der Waals surface area contributed by atoms with E-state index in [0.717, 1.165) is 5.56 Å². The molecule has 5 rings (SSSR count). The van der Waals surface area contributed by atoms with Crippen molar-refractivity contribution in [1.29, 1.82) is 5.41 Å². The molecule has 4 N–H and O–H groups in total. The number of aromatic amines is 1. The fourth-order valence-corrected chi connectivity index (χ4v) is 3.99. The lowest BCUT2D eigenvalue weighted by atomic mass is 10.1. The van der Waals surface area contributed by atoms with Gasteiger partial charge in [-0.25, -0.2) is 9.78 Å². The molecule has 0 aliphatic rings. The van der Waals surface area contributed by atoms with Gasteiger partial charge in [0.25, 0.3) is 11.8 Å². The maximum atomic E-state index is 13.1. The van der Waals surface area contributed by atoms with Crippen molar-refractivity contribution >= 4 is 28.9 Å². The quantitative estimate of drug-likeness (QED) is 0.131. The van der Waals surface area contributed by atoms with Crippen molar-refractivity contribution < 1.29 is 23.8 Å². The monoisotopic (exact) mass is 565 g/mol. The number of rotatable bonds is 9. The number of aromatic nitrogens is 4.